The molecule has 6 nitrogen and oxygen atoms in total. The Balaban J connectivity index is 0.00000225. The molecule has 2 saturated heterocycles. The third-order valence-corrected chi connectivity index (χ3v) is 5.89. The first-order chi connectivity index (χ1) is 11.5. The predicted molar refractivity (Wildman–Crippen MR) is 110 cm³/mol. The van der Waals surface area contributed by atoms with Crippen LogP contribution in [-0.2, 0) is 9.53 Å². The van der Waals surface area contributed by atoms with Crippen molar-refractivity contribution < 1.29 is 9.53 Å². The van der Waals surface area contributed by atoms with Gasteiger partial charge in [0.2, 0.25) is 5.91 Å². The van der Waals surface area contributed by atoms with E-state index < -0.39 is 0 Å². The summed E-state index contributed by atoms with van der Waals surface area (Å²) in [4.78, 5) is 18.4. The van der Waals surface area contributed by atoms with E-state index in [-0.39, 0.29) is 41.3 Å². The van der Waals surface area contributed by atoms with Crippen molar-refractivity contribution in [1.29, 1.82) is 0 Å². The number of likely N-dealkylation sites (tertiary alicyclic amines) is 1. The fourth-order valence-corrected chi connectivity index (χ4v) is 4.58. The van der Waals surface area contributed by atoms with E-state index >= 15 is 0 Å². The van der Waals surface area contributed by atoms with E-state index in [9.17, 15) is 4.79 Å². The zero-order valence-corrected chi connectivity index (χ0v) is 18.2. The molecule has 0 radical (unpaired) electrons. The third-order valence-electron chi connectivity index (χ3n) is 5.89. The van der Waals surface area contributed by atoms with Gasteiger partial charge in [-0.25, -0.2) is 0 Å². The van der Waals surface area contributed by atoms with Gasteiger partial charge in [0, 0.05) is 56.1 Å². The first-order valence-corrected chi connectivity index (χ1v) is 9.44. The standard InChI is InChI=1S/C18H32N4O2.HI/c1-5-14(23)22-9-7-12(11-22)20-17(19-6-2)21-15-13-8-10-24-16(13)18(15,3)4;/h12-13,15-16H,5-11H2,1-4H3,(H2,19,20,21);1H. The van der Waals surface area contributed by atoms with Crippen LogP contribution >= 0.6 is 24.0 Å². The van der Waals surface area contributed by atoms with E-state index in [1.54, 1.807) is 0 Å². The number of hydrogen-bond donors (Lipinski definition) is 2. The Morgan fingerprint density at radius 2 is 2.04 bits per heavy atom. The normalized spacial score (nSPS) is 33.3. The molecule has 2 aliphatic heterocycles. The molecule has 1 amide bonds. The molecular formula is C18H33IN4O2. The molecule has 3 fully saturated rings. The van der Waals surface area contributed by atoms with Crippen molar-refractivity contribution in [2.45, 2.75) is 65.1 Å². The summed E-state index contributed by atoms with van der Waals surface area (Å²) < 4.78 is 5.88. The van der Waals surface area contributed by atoms with Crippen molar-refractivity contribution >= 4 is 35.8 Å². The van der Waals surface area contributed by atoms with Gasteiger partial charge in [-0.2, -0.15) is 0 Å². The van der Waals surface area contributed by atoms with Gasteiger partial charge >= 0.3 is 0 Å². The second-order valence-corrected chi connectivity index (χ2v) is 7.83. The molecule has 1 aliphatic carbocycles. The number of carbonyl (C=O) groups excluding carboxylic acids is 1. The molecular weight excluding hydrogens is 431 g/mol. The Morgan fingerprint density at radius 3 is 2.72 bits per heavy atom. The second-order valence-electron chi connectivity index (χ2n) is 7.83. The van der Waals surface area contributed by atoms with Gasteiger partial charge in [-0.3, -0.25) is 9.79 Å². The smallest absolute Gasteiger partial charge is 0.222 e. The third kappa shape index (κ3) is 4.07. The van der Waals surface area contributed by atoms with Crippen LogP contribution in [0.25, 0.3) is 0 Å². The number of nitrogens with zero attached hydrogens (tertiary/aromatic N) is 2. The summed E-state index contributed by atoms with van der Waals surface area (Å²) in [6.45, 7) is 11.8. The average Bonchev–Trinajstić information content (AvgIpc) is 3.20. The molecule has 0 aromatic heterocycles. The van der Waals surface area contributed by atoms with Crippen molar-refractivity contribution in [3.8, 4) is 0 Å². The monoisotopic (exact) mass is 464 g/mol. The van der Waals surface area contributed by atoms with E-state index in [0.717, 1.165) is 45.0 Å². The number of fused-ring (bicyclic) bond motifs is 1. The van der Waals surface area contributed by atoms with Gasteiger partial charge in [-0.15, -0.1) is 24.0 Å². The van der Waals surface area contributed by atoms with Crippen molar-refractivity contribution in [2.75, 3.05) is 26.2 Å². The van der Waals surface area contributed by atoms with E-state index in [1.165, 1.54) is 0 Å². The van der Waals surface area contributed by atoms with Crippen LogP contribution in [0, 0.1) is 11.3 Å². The largest absolute Gasteiger partial charge is 0.377 e. The predicted octanol–water partition coefficient (Wildman–Crippen LogP) is 1.98. The highest BCUT2D eigenvalue weighted by molar-refractivity contribution is 14.0. The Bertz CT molecular complexity index is 511. The zero-order chi connectivity index (χ0) is 17.3. The van der Waals surface area contributed by atoms with E-state index in [2.05, 4.69) is 36.4 Å². The highest BCUT2D eigenvalue weighted by atomic mass is 127. The Morgan fingerprint density at radius 1 is 1.28 bits per heavy atom. The zero-order valence-electron chi connectivity index (χ0n) is 15.9. The van der Waals surface area contributed by atoms with Gasteiger partial charge < -0.3 is 20.3 Å². The Kier molecular flexibility index (Phi) is 6.98. The fourth-order valence-electron chi connectivity index (χ4n) is 4.58. The molecule has 3 aliphatic rings. The molecule has 144 valence electrons. The summed E-state index contributed by atoms with van der Waals surface area (Å²) in [6.07, 6.45) is 3.08. The molecule has 0 aromatic carbocycles. The number of aliphatic imine (C=N–C) groups is 1. The summed E-state index contributed by atoms with van der Waals surface area (Å²) in [5.41, 5.74) is 0.136. The molecule has 3 rings (SSSR count). The minimum Gasteiger partial charge on any atom is -0.377 e. The van der Waals surface area contributed by atoms with Gasteiger partial charge in [0.25, 0.3) is 0 Å². The van der Waals surface area contributed by atoms with Crippen molar-refractivity contribution in [3.63, 3.8) is 0 Å². The minimum atomic E-state index is 0. The highest BCUT2D eigenvalue weighted by Crippen LogP contribution is 2.52. The number of amides is 1. The van der Waals surface area contributed by atoms with Crippen molar-refractivity contribution in [3.05, 3.63) is 0 Å². The van der Waals surface area contributed by atoms with Gasteiger partial charge in [0.1, 0.15) is 0 Å². The number of hydrogen-bond acceptors (Lipinski definition) is 3. The molecule has 4 atom stereocenters. The van der Waals surface area contributed by atoms with Crippen LogP contribution in [0.15, 0.2) is 4.99 Å². The van der Waals surface area contributed by atoms with E-state index in [0.29, 0.717) is 24.5 Å². The number of rotatable bonds is 4. The molecule has 25 heavy (non-hydrogen) atoms. The summed E-state index contributed by atoms with van der Waals surface area (Å²) in [7, 11) is 0. The maximum Gasteiger partial charge on any atom is 0.222 e. The quantitative estimate of drug-likeness (QED) is 0.380. The number of carbonyl (C=O) groups is 1. The van der Waals surface area contributed by atoms with Gasteiger partial charge in [0.15, 0.2) is 5.96 Å². The van der Waals surface area contributed by atoms with Crippen LogP contribution < -0.4 is 10.6 Å². The van der Waals surface area contributed by atoms with Crippen molar-refractivity contribution in [1.82, 2.24) is 15.5 Å². The van der Waals surface area contributed by atoms with Crippen LogP contribution in [0.2, 0.25) is 0 Å². The summed E-state index contributed by atoms with van der Waals surface area (Å²) in [5, 5.41) is 7.20. The second kappa shape index (κ2) is 8.41. The first kappa shape index (κ1) is 20.7. The number of halogens is 1. The lowest BCUT2D eigenvalue weighted by molar-refractivity contribution is -0.129. The lowest BCUT2D eigenvalue weighted by Crippen LogP contribution is -2.68. The summed E-state index contributed by atoms with van der Waals surface area (Å²) in [5.74, 6) is 1.72. The maximum atomic E-state index is 11.9. The van der Waals surface area contributed by atoms with Crippen LogP contribution in [0.3, 0.4) is 0 Å². The molecule has 7 heteroatoms. The van der Waals surface area contributed by atoms with E-state index in [4.69, 9.17) is 4.74 Å². The Labute approximate surface area is 168 Å². The molecule has 2 N–H and O–H groups in total. The molecule has 0 bridgehead atoms. The molecule has 0 spiro atoms. The SMILES string of the molecule is CCN=C(NC1CCN(C(=O)CC)C1)NC1C2CCOC2C1(C)C.I. The summed E-state index contributed by atoms with van der Waals surface area (Å²) in [6, 6.07) is 0.690. The topological polar surface area (TPSA) is 66.0 Å². The number of ether oxygens (including phenoxy) is 1. The maximum absolute atomic E-state index is 11.9. The van der Waals surface area contributed by atoms with Crippen LogP contribution in [-0.4, -0.2) is 61.2 Å². The molecule has 1 saturated carbocycles. The molecule has 0 aromatic rings. The van der Waals surface area contributed by atoms with Crippen LogP contribution in [0.5, 0.6) is 0 Å². The van der Waals surface area contributed by atoms with Gasteiger partial charge in [-0.1, -0.05) is 20.8 Å². The van der Waals surface area contributed by atoms with Crippen LogP contribution in [0.1, 0.15) is 47.0 Å². The number of guanidine groups is 1. The first-order valence-electron chi connectivity index (χ1n) is 9.44. The van der Waals surface area contributed by atoms with E-state index in [1.807, 2.05) is 11.8 Å². The van der Waals surface area contributed by atoms with Gasteiger partial charge in [-0.05, 0) is 19.8 Å². The lowest BCUT2D eigenvalue weighted by Gasteiger charge is -2.55. The number of nitrogens with one attached hydrogen (secondary N) is 2. The highest BCUT2D eigenvalue weighted by Gasteiger charge is 2.59. The molecule has 2 heterocycles. The average molecular weight is 464 g/mol. The lowest BCUT2D eigenvalue weighted by atomic mass is 9.57. The van der Waals surface area contributed by atoms with Crippen molar-refractivity contribution in [2.24, 2.45) is 16.3 Å². The summed E-state index contributed by atoms with van der Waals surface area (Å²) >= 11 is 0. The molecule has 4 unspecified atom stereocenters. The minimum absolute atomic E-state index is 0. The fraction of sp³-hybridized carbons (Fsp3) is 0.889. The van der Waals surface area contributed by atoms with Crippen LogP contribution in [0.4, 0.5) is 0 Å². The van der Waals surface area contributed by atoms with Gasteiger partial charge in [0.05, 0.1) is 6.10 Å². The Hall–Kier alpha value is -0.570.